The van der Waals surface area contributed by atoms with Gasteiger partial charge < -0.3 is 43.0 Å². The summed E-state index contributed by atoms with van der Waals surface area (Å²) in [6.07, 6.45) is 20.3. The normalized spacial score (nSPS) is 24.1. The minimum atomic E-state index is -0.0775. The molecule has 13 heteroatoms. The van der Waals surface area contributed by atoms with Crippen LogP contribution in [0.3, 0.4) is 0 Å². The van der Waals surface area contributed by atoms with Crippen LogP contribution in [0.15, 0.2) is 24.6 Å². The van der Waals surface area contributed by atoms with Crippen LogP contribution in [0.4, 0.5) is 0 Å². The van der Waals surface area contributed by atoms with Gasteiger partial charge in [-0.3, -0.25) is 24.0 Å². The van der Waals surface area contributed by atoms with Gasteiger partial charge in [-0.2, -0.15) is 0 Å². The fourth-order valence-corrected chi connectivity index (χ4v) is 10.8. The molecule has 0 bridgehead atoms. The van der Waals surface area contributed by atoms with Gasteiger partial charge in [-0.1, -0.05) is 157 Å². The summed E-state index contributed by atoms with van der Waals surface area (Å²) >= 11 is 0. The first-order valence-electron chi connectivity index (χ1n) is 31.8. The Morgan fingerprint density at radius 1 is 0.506 bits per heavy atom. The third-order valence-corrected chi connectivity index (χ3v) is 13.9. The van der Waals surface area contributed by atoms with Crippen LogP contribution in [0.1, 0.15) is 268 Å². The molecule has 5 amide bonds. The van der Waals surface area contributed by atoms with E-state index in [1.54, 1.807) is 6.92 Å². The first kappa shape index (κ1) is 79.5. The van der Waals surface area contributed by atoms with Gasteiger partial charge >= 0.3 is 0 Å². The molecule has 0 aromatic heterocycles. The Kier molecular flexibility index (Phi) is 37.6. The van der Waals surface area contributed by atoms with Crippen LogP contribution < -0.4 is 43.0 Å². The number of hydrogen-bond acceptors (Lipinski definition) is 8. The fraction of sp³-hybridized carbons (Fsp3) is 0.868. The Balaban J connectivity index is 0. The summed E-state index contributed by atoms with van der Waals surface area (Å²) in [5.74, 6) is 4.08. The highest BCUT2D eigenvalue weighted by molar-refractivity contribution is 5.81. The highest BCUT2D eigenvalue weighted by Gasteiger charge is 2.31. The molecule has 7 aliphatic rings. The first-order chi connectivity index (χ1) is 36.8. The molecule has 0 aromatic rings. The van der Waals surface area contributed by atoms with E-state index in [1.807, 2.05) is 27.7 Å². The number of allylic oxidation sites excluding steroid dienone is 2. The summed E-state index contributed by atoms with van der Waals surface area (Å²) in [7, 11) is 0. The summed E-state index contributed by atoms with van der Waals surface area (Å²) in [6, 6.07) is 1.01. The van der Waals surface area contributed by atoms with Crippen LogP contribution >= 0.6 is 0 Å². The summed E-state index contributed by atoms with van der Waals surface area (Å²) in [6.45, 7) is 61.7. The van der Waals surface area contributed by atoms with E-state index in [0.29, 0.717) is 28.3 Å². The molecule has 13 nitrogen and oxygen atoms in total. The van der Waals surface area contributed by atoms with Crippen LogP contribution in [-0.4, -0.2) is 79.9 Å². The molecule has 476 valence electrons. The van der Waals surface area contributed by atoms with E-state index in [0.717, 1.165) is 82.6 Å². The number of carbonyl (C=O) groups excluding carboxylic acids is 5. The van der Waals surface area contributed by atoms with Gasteiger partial charge in [0.25, 0.3) is 0 Å². The molecule has 5 saturated heterocycles. The molecular formula is C68H134N8O5. The minimum Gasteiger partial charge on any atom is -0.389 e. The second kappa shape index (κ2) is 38.4. The van der Waals surface area contributed by atoms with E-state index in [-0.39, 0.29) is 63.7 Å². The average molecular weight is 1140 g/mol. The SMILES string of the molecule is C=C1C[C@@H](CC(C)(C)C)CN1.C=C1C[C@H](CC(C)(C)C)CN1.CC(=O)NC(C)(C)C.CC(=O)NC1CC1.CC(C)(C)C[C@@H]1CCNC1=O.CC(C)(C)C[C@H]1CCCC[C@H]1N.CC(C)(C)C[C@H]1CCNC1=O.CC1CCNC1=O.CCC. The van der Waals surface area contributed by atoms with Crippen LogP contribution in [0.2, 0.25) is 0 Å². The lowest BCUT2D eigenvalue weighted by molar-refractivity contribution is -0.123. The zero-order valence-corrected chi connectivity index (χ0v) is 57.2. The molecule has 7 rings (SSSR count). The lowest BCUT2D eigenvalue weighted by Gasteiger charge is -2.33. The summed E-state index contributed by atoms with van der Waals surface area (Å²) in [5.41, 5.74) is 10.4. The Morgan fingerprint density at radius 2 is 0.864 bits per heavy atom. The number of nitrogens with one attached hydrogen (secondary N) is 7. The molecule has 2 saturated carbocycles. The molecule has 7 atom stereocenters. The predicted molar refractivity (Wildman–Crippen MR) is 346 cm³/mol. The third-order valence-electron chi connectivity index (χ3n) is 13.9. The number of rotatable bonds is 6. The molecule has 1 unspecified atom stereocenters. The fourth-order valence-electron chi connectivity index (χ4n) is 10.8. The van der Waals surface area contributed by atoms with E-state index < -0.39 is 0 Å². The van der Waals surface area contributed by atoms with Crippen LogP contribution in [-0.2, 0) is 24.0 Å². The highest BCUT2D eigenvalue weighted by atomic mass is 16.2. The molecular weight excluding hydrogens is 1010 g/mol. The maximum atomic E-state index is 11.1. The van der Waals surface area contributed by atoms with Crippen LogP contribution in [0, 0.1) is 62.6 Å². The third kappa shape index (κ3) is 49.5. The highest BCUT2D eigenvalue weighted by Crippen LogP contribution is 2.34. The van der Waals surface area contributed by atoms with Crippen molar-refractivity contribution < 1.29 is 24.0 Å². The molecule has 2 aliphatic carbocycles. The molecule has 0 aromatic carbocycles. The average Bonchev–Trinajstić information content (AvgIpc) is 3.67. The molecule has 0 spiro atoms. The van der Waals surface area contributed by atoms with Crippen LogP contribution in [0.5, 0.6) is 0 Å². The number of hydrogen-bond donors (Lipinski definition) is 8. The van der Waals surface area contributed by atoms with Crippen molar-refractivity contribution in [2.24, 2.45) is 68.3 Å². The van der Waals surface area contributed by atoms with E-state index in [1.165, 1.54) is 95.4 Å². The lowest BCUT2D eigenvalue weighted by Crippen LogP contribution is -2.38. The zero-order chi connectivity index (χ0) is 63.2. The molecule has 9 N–H and O–H groups in total. The molecule has 5 heterocycles. The van der Waals surface area contributed by atoms with E-state index in [4.69, 9.17) is 5.73 Å². The maximum absolute atomic E-state index is 11.1. The van der Waals surface area contributed by atoms with E-state index >= 15 is 0 Å². The molecule has 7 fully saturated rings. The number of amides is 5. The van der Waals surface area contributed by atoms with Gasteiger partial charge in [-0.05, 0) is 155 Å². The van der Waals surface area contributed by atoms with E-state index in [9.17, 15) is 24.0 Å². The van der Waals surface area contributed by atoms with Crippen molar-refractivity contribution in [3.63, 3.8) is 0 Å². The molecule has 81 heavy (non-hydrogen) atoms. The van der Waals surface area contributed by atoms with Gasteiger partial charge in [0.2, 0.25) is 29.5 Å². The number of nitrogens with two attached hydrogens (primary N) is 1. The van der Waals surface area contributed by atoms with Crippen molar-refractivity contribution >= 4 is 29.5 Å². The maximum Gasteiger partial charge on any atom is 0.223 e. The monoisotopic (exact) mass is 1140 g/mol. The Hall–Kier alpha value is -3.61. The first-order valence-corrected chi connectivity index (χ1v) is 31.8. The second-order valence-electron chi connectivity index (χ2n) is 31.8. The van der Waals surface area contributed by atoms with E-state index in [2.05, 4.69) is 168 Å². The minimum absolute atomic E-state index is 0.0255. The molecule has 5 aliphatic heterocycles. The van der Waals surface area contributed by atoms with Gasteiger partial charge in [0.15, 0.2) is 0 Å². The van der Waals surface area contributed by atoms with Gasteiger partial charge in [0.1, 0.15) is 0 Å². The standard InChI is InChI=1S/C11H23N.2C10H19N.2C9H17NO.C6H13NO.2C5H9NO.C3H8/c1-11(2,3)8-9-6-4-5-7-10(9)12;2*1-8-5-9(7-11-8)6-10(2,3)4;2*1-9(2,3)6-7-4-5-10-8(7)11;1-5(8)7-6(2,3)4;1-4(7)6-5-2-3-5;1-4-2-3-6-5(4)7;1-3-2/h9-10H,4-8,12H2,1-3H3;2*9,11H,1,5-7H2,2-4H3;2*7H,4-6H2,1-3H3,(H,10,11);1-4H3,(H,7,8);5H,2-3H2,1H3,(H,6,7);4H,2-3H2,1H3,(H,6,7);3H2,1-2H3/t9-,10-;2*9-;2*7-;;;;/m11010..../s1. The lowest BCUT2D eigenvalue weighted by atomic mass is 9.75. The summed E-state index contributed by atoms with van der Waals surface area (Å²) in [4.78, 5) is 53.3. The summed E-state index contributed by atoms with van der Waals surface area (Å²) in [5, 5.41) is 20.6. The van der Waals surface area contributed by atoms with Crippen molar-refractivity contribution in [2.75, 3.05) is 32.7 Å². The smallest absolute Gasteiger partial charge is 0.223 e. The van der Waals surface area contributed by atoms with Crippen molar-refractivity contribution in [2.45, 2.75) is 286 Å². The van der Waals surface area contributed by atoms with Gasteiger partial charge in [0.05, 0.1) is 0 Å². The summed E-state index contributed by atoms with van der Waals surface area (Å²) < 4.78 is 0. The van der Waals surface area contributed by atoms with Crippen LogP contribution in [0.25, 0.3) is 0 Å². The van der Waals surface area contributed by atoms with Gasteiger partial charge in [-0.15, -0.1) is 0 Å². The Labute approximate surface area is 500 Å². The van der Waals surface area contributed by atoms with Gasteiger partial charge in [0, 0.05) is 93.3 Å². The Bertz CT molecular complexity index is 1740. The zero-order valence-electron chi connectivity index (χ0n) is 57.2. The quantitative estimate of drug-likeness (QED) is 0.129. The Morgan fingerprint density at radius 3 is 1.06 bits per heavy atom. The topological polar surface area (TPSA) is 196 Å². The van der Waals surface area contributed by atoms with Crippen molar-refractivity contribution in [3.05, 3.63) is 24.6 Å². The largest absolute Gasteiger partial charge is 0.389 e. The van der Waals surface area contributed by atoms with Crippen molar-refractivity contribution in [1.29, 1.82) is 0 Å². The van der Waals surface area contributed by atoms with Crippen molar-refractivity contribution in [1.82, 2.24) is 37.2 Å². The van der Waals surface area contributed by atoms with Crippen molar-refractivity contribution in [3.8, 4) is 0 Å². The molecule has 0 radical (unpaired) electrons. The second-order valence-corrected chi connectivity index (χ2v) is 31.8. The predicted octanol–water partition coefficient (Wildman–Crippen LogP) is 13.9. The number of carbonyl (C=O) groups is 5. The van der Waals surface area contributed by atoms with Gasteiger partial charge in [-0.25, -0.2) is 0 Å².